The molecule has 0 atom stereocenters. The first-order chi connectivity index (χ1) is 5.97. The number of nitrogens with one attached hydrogen (secondary N) is 1. The summed E-state index contributed by atoms with van der Waals surface area (Å²) in [5.74, 6) is -0.257. The van der Waals surface area contributed by atoms with E-state index in [9.17, 15) is 12.8 Å². The first-order valence-electron chi connectivity index (χ1n) is 4.07. The van der Waals surface area contributed by atoms with Gasteiger partial charge in [-0.3, -0.25) is 8.94 Å². The Hall–Kier alpha value is -0.200. The van der Waals surface area contributed by atoms with E-state index in [4.69, 9.17) is 4.55 Å². The van der Waals surface area contributed by atoms with Crippen LogP contribution in [-0.2, 0) is 10.1 Å². The van der Waals surface area contributed by atoms with Gasteiger partial charge in [-0.15, -0.1) is 0 Å². The van der Waals surface area contributed by atoms with Crippen molar-refractivity contribution >= 4 is 10.1 Å². The summed E-state index contributed by atoms with van der Waals surface area (Å²) in [5, 5.41) is 2.75. The van der Waals surface area contributed by atoms with E-state index in [1.165, 1.54) is 0 Å². The maximum atomic E-state index is 11.4. The fourth-order valence-corrected chi connectivity index (χ4v) is 1.12. The molecule has 0 aromatic rings. The Bertz CT molecular complexity index is 182. The van der Waals surface area contributed by atoms with Crippen LogP contribution in [0.15, 0.2) is 0 Å². The monoisotopic (exact) mass is 215 g/mol. The minimum absolute atomic E-state index is 0.257. The summed E-state index contributed by atoms with van der Waals surface area (Å²) in [6.07, 6.45) is 1.22. The van der Waals surface area contributed by atoms with Gasteiger partial charge in [-0.1, -0.05) is 0 Å². The smallest absolute Gasteiger partial charge is 0.264 e. The molecule has 0 aliphatic rings. The van der Waals surface area contributed by atoms with Crippen molar-refractivity contribution in [1.82, 2.24) is 5.32 Å². The average molecular weight is 215 g/mol. The molecule has 0 radical (unpaired) electrons. The van der Waals surface area contributed by atoms with Gasteiger partial charge in [0.15, 0.2) is 0 Å². The highest BCUT2D eigenvalue weighted by molar-refractivity contribution is 7.85. The number of halogens is 1. The van der Waals surface area contributed by atoms with Gasteiger partial charge in [-0.05, 0) is 33.4 Å². The van der Waals surface area contributed by atoms with Gasteiger partial charge in [0, 0.05) is 0 Å². The van der Waals surface area contributed by atoms with Crippen molar-refractivity contribution in [3.63, 3.8) is 0 Å². The van der Waals surface area contributed by atoms with Crippen LogP contribution >= 0.6 is 0 Å². The quantitative estimate of drug-likeness (QED) is 0.527. The predicted molar refractivity (Wildman–Crippen MR) is 51.2 cm³/mol. The molecule has 0 spiro atoms. The highest BCUT2D eigenvalue weighted by atomic mass is 32.2. The van der Waals surface area contributed by atoms with Gasteiger partial charge < -0.3 is 5.32 Å². The van der Waals surface area contributed by atoms with E-state index in [-0.39, 0.29) is 5.75 Å². The molecule has 82 valence electrons. The SMILES string of the molecule is CNC.O=S(=O)(O)CCCCCF. The second-order valence-electron chi connectivity index (χ2n) is 2.54. The lowest BCUT2D eigenvalue weighted by atomic mass is 10.3. The summed E-state index contributed by atoms with van der Waals surface area (Å²) in [5.41, 5.74) is 0. The summed E-state index contributed by atoms with van der Waals surface area (Å²) >= 11 is 0. The van der Waals surface area contributed by atoms with E-state index in [0.29, 0.717) is 19.3 Å². The fourth-order valence-electron chi connectivity index (χ4n) is 0.556. The summed E-state index contributed by atoms with van der Waals surface area (Å²) in [6, 6.07) is 0. The van der Waals surface area contributed by atoms with Gasteiger partial charge >= 0.3 is 0 Å². The van der Waals surface area contributed by atoms with Crippen molar-refractivity contribution in [1.29, 1.82) is 0 Å². The van der Waals surface area contributed by atoms with Gasteiger partial charge in [0.05, 0.1) is 12.4 Å². The lowest BCUT2D eigenvalue weighted by Gasteiger charge is -1.94. The van der Waals surface area contributed by atoms with Gasteiger partial charge in [-0.25, -0.2) is 0 Å². The third-order valence-corrected chi connectivity index (χ3v) is 1.84. The molecule has 0 saturated heterocycles. The Labute approximate surface area is 79.3 Å². The maximum Gasteiger partial charge on any atom is 0.264 e. The molecule has 0 amide bonds. The van der Waals surface area contributed by atoms with Crippen molar-refractivity contribution in [3.8, 4) is 0 Å². The second-order valence-corrected chi connectivity index (χ2v) is 4.11. The van der Waals surface area contributed by atoms with Crippen LogP contribution in [-0.4, -0.2) is 39.5 Å². The molecule has 0 heterocycles. The number of unbranched alkanes of at least 4 members (excludes halogenated alkanes) is 2. The summed E-state index contributed by atoms with van der Waals surface area (Å²) in [7, 11) is -0.0770. The van der Waals surface area contributed by atoms with Gasteiger partial charge in [-0.2, -0.15) is 8.42 Å². The zero-order chi connectivity index (χ0) is 10.7. The van der Waals surface area contributed by atoms with Crippen LogP contribution < -0.4 is 5.32 Å². The second kappa shape index (κ2) is 9.88. The van der Waals surface area contributed by atoms with Crippen LogP contribution in [0.1, 0.15) is 19.3 Å². The molecule has 4 nitrogen and oxygen atoms in total. The zero-order valence-corrected chi connectivity index (χ0v) is 8.90. The first-order valence-corrected chi connectivity index (χ1v) is 5.68. The molecule has 2 N–H and O–H groups in total. The Kier molecular flexibility index (Phi) is 11.6. The topological polar surface area (TPSA) is 66.4 Å². The van der Waals surface area contributed by atoms with Crippen LogP contribution in [0.5, 0.6) is 0 Å². The van der Waals surface area contributed by atoms with Crippen molar-refractivity contribution < 1.29 is 17.4 Å². The first kappa shape index (κ1) is 15.3. The Balaban J connectivity index is 0. The minimum Gasteiger partial charge on any atom is -0.323 e. The number of hydrogen-bond donors (Lipinski definition) is 2. The molecule has 0 unspecified atom stereocenters. The third-order valence-electron chi connectivity index (χ3n) is 1.04. The van der Waals surface area contributed by atoms with E-state index in [0.717, 1.165) is 0 Å². The summed E-state index contributed by atoms with van der Waals surface area (Å²) in [4.78, 5) is 0. The molecule has 0 aliphatic carbocycles. The van der Waals surface area contributed by atoms with E-state index in [2.05, 4.69) is 5.32 Å². The molecule has 13 heavy (non-hydrogen) atoms. The number of alkyl halides is 1. The Morgan fingerprint density at radius 3 is 2.00 bits per heavy atom. The molecule has 0 aromatic heterocycles. The Morgan fingerprint density at radius 1 is 1.23 bits per heavy atom. The normalized spacial score (nSPS) is 10.5. The van der Waals surface area contributed by atoms with E-state index >= 15 is 0 Å². The summed E-state index contributed by atoms with van der Waals surface area (Å²) < 4.78 is 39.7. The number of rotatable bonds is 5. The van der Waals surface area contributed by atoms with Gasteiger partial charge in [0.1, 0.15) is 0 Å². The van der Waals surface area contributed by atoms with E-state index < -0.39 is 16.8 Å². The van der Waals surface area contributed by atoms with Crippen molar-refractivity contribution in [2.24, 2.45) is 0 Å². The van der Waals surface area contributed by atoms with Crippen LogP contribution in [0.4, 0.5) is 4.39 Å². The lowest BCUT2D eigenvalue weighted by molar-refractivity contribution is 0.452. The predicted octanol–water partition coefficient (Wildman–Crippen LogP) is 0.850. The van der Waals surface area contributed by atoms with Gasteiger partial charge in [0.2, 0.25) is 0 Å². The molecule has 0 aliphatic heterocycles. The standard InChI is InChI=1S/C5H11FO3S.C2H7N/c6-4-2-1-3-5-10(7,8)9;1-3-2/h1-5H2,(H,7,8,9);3H,1-2H3. The van der Waals surface area contributed by atoms with E-state index in [1.807, 2.05) is 14.1 Å². The third kappa shape index (κ3) is 24.5. The van der Waals surface area contributed by atoms with Crippen molar-refractivity contribution in [2.45, 2.75) is 19.3 Å². The molecule has 0 rings (SSSR count). The van der Waals surface area contributed by atoms with Crippen LogP contribution in [0.3, 0.4) is 0 Å². The average Bonchev–Trinajstić information content (AvgIpc) is 1.98. The molecule has 0 aromatic carbocycles. The largest absolute Gasteiger partial charge is 0.323 e. The number of hydrogen-bond acceptors (Lipinski definition) is 3. The fraction of sp³-hybridized carbons (Fsp3) is 1.00. The lowest BCUT2D eigenvalue weighted by Crippen LogP contribution is -2.03. The molecule has 6 heteroatoms. The molecule has 0 fully saturated rings. The Morgan fingerprint density at radius 2 is 1.69 bits per heavy atom. The maximum absolute atomic E-state index is 11.4. The summed E-state index contributed by atoms with van der Waals surface area (Å²) in [6.45, 7) is -0.425. The molecule has 0 bridgehead atoms. The highest BCUT2D eigenvalue weighted by Crippen LogP contribution is 1.97. The van der Waals surface area contributed by atoms with Crippen LogP contribution in [0, 0.1) is 0 Å². The van der Waals surface area contributed by atoms with Crippen LogP contribution in [0.2, 0.25) is 0 Å². The van der Waals surface area contributed by atoms with E-state index in [1.54, 1.807) is 0 Å². The minimum atomic E-state index is -3.83. The molecular weight excluding hydrogens is 197 g/mol. The van der Waals surface area contributed by atoms with Crippen molar-refractivity contribution in [3.05, 3.63) is 0 Å². The zero-order valence-electron chi connectivity index (χ0n) is 8.09. The van der Waals surface area contributed by atoms with Crippen LogP contribution in [0.25, 0.3) is 0 Å². The van der Waals surface area contributed by atoms with Gasteiger partial charge in [0.25, 0.3) is 10.1 Å². The van der Waals surface area contributed by atoms with Crippen molar-refractivity contribution in [2.75, 3.05) is 26.5 Å². The molecule has 0 saturated carbocycles. The highest BCUT2D eigenvalue weighted by Gasteiger charge is 2.02. The molecular formula is C7H18FNO3S.